The molecule has 1 N–H and O–H groups in total. The summed E-state index contributed by atoms with van der Waals surface area (Å²) in [5.41, 5.74) is 1.72. The lowest BCUT2D eigenvalue weighted by atomic mass is 9.84. The number of carbonyl (C=O) groups is 1. The van der Waals surface area contributed by atoms with Gasteiger partial charge in [-0.2, -0.15) is 0 Å². The van der Waals surface area contributed by atoms with Crippen LogP contribution < -0.4 is 5.32 Å². The molecule has 2 unspecified atom stereocenters. The summed E-state index contributed by atoms with van der Waals surface area (Å²) in [7, 11) is 0. The first-order chi connectivity index (χ1) is 9.72. The van der Waals surface area contributed by atoms with Crippen molar-refractivity contribution in [2.24, 2.45) is 5.92 Å². The molecule has 1 fully saturated rings. The second kappa shape index (κ2) is 7.32. The first kappa shape index (κ1) is 14.9. The third kappa shape index (κ3) is 3.99. The number of rotatable bonds is 5. The average Bonchev–Trinajstić information content (AvgIpc) is 2.48. The van der Waals surface area contributed by atoms with Gasteiger partial charge in [0.15, 0.2) is 0 Å². The van der Waals surface area contributed by atoms with Gasteiger partial charge in [0.05, 0.1) is 12.2 Å². The smallest absolute Gasteiger partial charge is 0.338 e. The Morgan fingerprint density at radius 1 is 1.25 bits per heavy atom. The topological polar surface area (TPSA) is 38.3 Å². The summed E-state index contributed by atoms with van der Waals surface area (Å²) in [6.45, 7) is 4.52. The van der Waals surface area contributed by atoms with Crippen LogP contribution in [0.3, 0.4) is 0 Å². The molecule has 0 radical (unpaired) electrons. The third-order valence-corrected chi connectivity index (χ3v) is 4.13. The number of anilines is 1. The molecule has 3 nitrogen and oxygen atoms in total. The predicted octanol–water partition coefficient (Wildman–Crippen LogP) is 4.24. The number of carbonyl (C=O) groups excluding carboxylic acids is 1. The highest BCUT2D eigenvalue weighted by Gasteiger charge is 2.20. The summed E-state index contributed by atoms with van der Waals surface area (Å²) in [5, 5.41) is 3.59. The summed E-state index contributed by atoms with van der Waals surface area (Å²) in [6.07, 6.45) is 6.47. The summed E-state index contributed by atoms with van der Waals surface area (Å²) in [6, 6.07) is 8.19. The van der Waals surface area contributed by atoms with Crippen LogP contribution >= 0.6 is 0 Å². The van der Waals surface area contributed by atoms with Gasteiger partial charge in [-0.05, 0) is 49.9 Å². The van der Waals surface area contributed by atoms with Crippen molar-refractivity contribution in [1.82, 2.24) is 0 Å². The fraction of sp³-hybridized carbons (Fsp3) is 0.588. The molecule has 2 atom stereocenters. The average molecular weight is 275 g/mol. The van der Waals surface area contributed by atoms with E-state index in [1.807, 2.05) is 31.2 Å². The van der Waals surface area contributed by atoms with E-state index in [9.17, 15) is 4.79 Å². The highest BCUT2D eigenvalue weighted by molar-refractivity contribution is 5.89. The van der Waals surface area contributed by atoms with Gasteiger partial charge in [0.25, 0.3) is 0 Å². The lowest BCUT2D eigenvalue weighted by Crippen LogP contribution is -2.27. The molecule has 2 rings (SSSR count). The molecule has 1 aromatic rings. The van der Waals surface area contributed by atoms with Crippen LogP contribution in [0.1, 0.15) is 56.3 Å². The van der Waals surface area contributed by atoms with E-state index < -0.39 is 0 Å². The van der Waals surface area contributed by atoms with Crippen LogP contribution in [0.5, 0.6) is 0 Å². The number of nitrogens with one attached hydrogen (secondary N) is 1. The van der Waals surface area contributed by atoms with Crippen molar-refractivity contribution >= 4 is 11.7 Å². The van der Waals surface area contributed by atoms with Crippen LogP contribution in [0, 0.1) is 5.92 Å². The molecule has 0 spiro atoms. The maximum absolute atomic E-state index is 11.6. The van der Waals surface area contributed by atoms with Gasteiger partial charge in [0.2, 0.25) is 0 Å². The van der Waals surface area contributed by atoms with Crippen molar-refractivity contribution in [2.75, 3.05) is 11.9 Å². The lowest BCUT2D eigenvalue weighted by molar-refractivity contribution is 0.0526. The van der Waals surface area contributed by atoms with Crippen molar-refractivity contribution < 1.29 is 9.53 Å². The van der Waals surface area contributed by atoms with Crippen LogP contribution in [-0.2, 0) is 4.74 Å². The van der Waals surface area contributed by atoms with E-state index in [-0.39, 0.29) is 5.97 Å². The number of hydrogen-bond acceptors (Lipinski definition) is 3. The van der Waals surface area contributed by atoms with E-state index in [1.54, 1.807) is 0 Å². The molecule has 1 aliphatic rings. The van der Waals surface area contributed by atoms with Crippen molar-refractivity contribution in [3.8, 4) is 0 Å². The van der Waals surface area contributed by atoms with Gasteiger partial charge in [-0.25, -0.2) is 4.79 Å². The first-order valence-corrected chi connectivity index (χ1v) is 7.76. The maximum atomic E-state index is 11.6. The molecular weight excluding hydrogens is 250 g/mol. The minimum atomic E-state index is -0.247. The van der Waals surface area contributed by atoms with Gasteiger partial charge in [-0.15, -0.1) is 0 Å². The fourth-order valence-electron chi connectivity index (χ4n) is 2.95. The zero-order chi connectivity index (χ0) is 14.4. The number of benzene rings is 1. The van der Waals surface area contributed by atoms with Gasteiger partial charge < -0.3 is 10.1 Å². The van der Waals surface area contributed by atoms with Crippen LogP contribution in [0.25, 0.3) is 0 Å². The number of hydrogen-bond donors (Lipinski definition) is 1. The minimum Gasteiger partial charge on any atom is -0.462 e. The van der Waals surface area contributed by atoms with Crippen molar-refractivity contribution in [2.45, 2.75) is 52.0 Å². The molecule has 3 heteroatoms. The fourth-order valence-corrected chi connectivity index (χ4v) is 2.95. The monoisotopic (exact) mass is 275 g/mol. The van der Waals surface area contributed by atoms with Crippen molar-refractivity contribution in [3.05, 3.63) is 29.8 Å². The predicted molar refractivity (Wildman–Crippen MR) is 82.1 cm³/mol. The van der Waals surface area contributed by atoms with Crippen molar-refractivity contribution in [3.63, 3.8) is 0 Å². The van der Waals surface area contributed by atoms with E-state index in [0.717, 1.165) is 11.6 Å². The summed E-state index contributed by atoms with van der Waals surface area (Å²) in [4.78, 5) is 11.6. The van der Waals surface area contributed by atoms with Gasteiger partial charge in [-0.3, -0.25) is 0 Å². The first-order valence-electron chi connectivity index (χ1n) is 7.76. The normalized spacial score (nSPS) is 22.3. The highest BCUT2D eigenvalue weighted by Crippen LogP contribution is 2.28. The Morgan fingerprint density at radius 2 is 2.00 bits per heavy atom. The Kier molecular flexibility index (Phi) is 5.45. The second-order valence-electron chi connectivity index (χ2n) is 5.58. The molecule has 0 aliphatic heterocycles. The molecular formula is C17H25NO2. The maximum Gasteiger partial charge on any atom is 0.338 e. The zero-order valence-corrected chi connectivity index (χ0v) is 12.5. The molecule has 20 heavy (non-hydrogen) atoms. The van der Waals surface area contributed by atoms with Gasteiger partial charge in [-0.1, -0.05) is 26.2 Å². The zero-order valence-electron chi connectivity index (χ0n) is 12.5. The third-order valence-electron chi connectivity index (χ3n) is 4.13. The SMILES string of the molecule is CCOC(=O)c1ccc(NC2CCCC(CC)C2)cc1. The van der Waals surface area contributed by atoms with Crippen LogP contribution in [-0.4, -0.2) is 18.6 Å². The summed E-state index contributed by atoms with van der Waals surface area (Å²) >= 11 is 0. The van der Waals surface area contributed by atoms with Crippen molar-refractivity contribution in [1.29, 1.82) is 0 Å². The second-order valence-corrected chi connectivity index (χ2v) is 5.58. The van der Waals surface area contributed by atoms with E-state index >= 15 is 0 Å². The molecule has 0 amide bonds. The van der Waals surface area contributed by atoms with Gasteiger partial charge in [0, 0.05) is 11.7 Å². The van der Waals surface area contributed by atoms with Crippen LogP contribution in [0.15, 0.2) is 24.3 Å². The Morgan fingerprint density at radius 3 is 2.65 bits per heavy atom. The standard InChI is InChI=1S/C17H25NO2/c1-3-13-6-5-7-16(12-13)18-15-10-8-14(9-11-15)17(19)20-4-2/h8-11,13,16,18H,3-7,12H2,1-2H3. The van der Waals surface area contributed by atoms with E-state index in [0.29, 0.717) is 18.2 Å². The molecule has 0 saturated heterocycles. The largest absolute Gasteiger partial charge is 0.462 e. The van der Waals surface area contributed by atoms with Gasteiger partial charge >= 0.3 is 5.97 Å². The lowest BCUT2D eigenvalue weighted by Gasteiger charge is -2.29. The van der Waals surface area contributed by atoms with Crippen LogP contribution in [0.2, 0.25) is 0 Å². The van der Waals surface area contributed by atoms with E-state index in [4.69, 9.17) is 4.74 Å². The van der Waals surface area contributed by atoms with Crippen LogP contribution in [0.4, 0.5) is 5.69 Å². The highest BCUT2D eigenvalue weighted by atomic mass is 16.5. The molecule has 0 heterocycles. The molecule has 0 aromatic heterocycles. The Hall–Kier alpha value is -1.51. The Bertz CT molecular complexity index is 427. The minimum absolute atomic E-state index is 0.247. The molecule has 0 bridgehead atoms. The van der Waals surface area contributed by atoms with E-state index in [2.05, 4.69) is 12.2 Å². The Labute approximate surface area is 121 Å². The number of esters is 1. The Balaban J connectivity index is 1.91. The molecule has 1 saturated carbocycles. The molecule has 1 aliphatic carbocycles. The quantitative estimate of drug-likeness (QED) is 0.817. The summed E-state index contributed by atoms with van der Waals surface area (Å²) < 4.78 is 4.99. The number of ether oxygens (including phenoxy) is 1. The van der Waals surface area contributed by atoms with E-state index in [1.165, 1.54) is 32.1 Å². The summed E-state index contributed by atoms with van der Waals surface area (Å²) in [5.74, 6) is 0.614. The van der Waals surface area contributed by atoms with Gasteiger partial charge in [0.1, 0.15) is 0 Å². The molecule has 1 aromatic carbocycles. The molecule has 110 valence electrons.